The Bertz CT molecular complexity index is 754. The first kappa shape index (κ1) is 18.0. The van der Waals surface area contributed by atoms with Gasteiger partial charge in [-0.15, -0.1) is 0 Å². The summed E-state index contributed by atoms with van der Waals surface area (Å²) in [5, 5.41) is 0. The minimum absolute atomic E-state index is 0.177. The van der Waals surface area contributed by atoms with Crippen LogP contribution in [0.3, 0.4) is 0 Å². The smallest absolute Gasteiger partial charge is 0.328 e. The molecule has 1 unspecified atom stereocenters. The van der Waals surface area contributed by atoms with E-state index < -0.39 is 23.0 Å². The van der Waals surface area contributed by atoms with E-state index in [0.29, 0.717) is 5.75 Å². The molecule has 1 aliphatic rings. The standard InChI is InChI=1S/C21H22O5/c1-3-24-18(22)20(19(23)25-4-2)15-21(20,16-11-7-5-8-12-16)26-17-13-9-6-10-14-17/h5-14H,3-4,15H2,1-2H3. The molecule has 0 heterocycles. The molecule has 0 amide bonds. The summed E-state index contributed by atoms with van der Waals surface area (Å²) in [5.74, 6) is -0.650. The Hall–Kier alpha value is -2.82. The average molecular weight is 354 g/mol. The lowest BCUT2D eigenvalue weighted by Crippen LogP contribution is -2.39. The van der Waals surface area contributed by atoms with Crippen LogP contribution >= 0.6 is 0 Å². The molecule has 26 heavy (non-hydrogen) atoms. The second kappa shape index (κ2) is 7.20. The van der Waals surface area contributed by atoms with Gasteiger partial charge in [0, 0.05) is 6.42 Å². The number of esters is 2. The van der Waals surface area contributed by atoms with Crippen LogP contribution in [0, 0.1) is 5.41 Å². The van der Waals surface area contributed by atoms with Crippen molar-refractivity contribution in [1.29, 1.82) is 0 Å². The monoisotopic (exact) mass is 354 g/mol. The molecule has 0 saturated heterocycles. The molecule has 1 atom stereocenters. The fourth-order valence-electron chi connectivity index (χ4n) is 3.32. The highest BCUT2D eigenvalue weighted by molar-refractivity contribution is 6.06. The topological polar surface area (TPSA) is 61.8 Å². The summed E-state index contributed by atoms with van der Waals surface area (Å²) in [4.78, 5) is 25.6. The second-order valence-corrected chi connectivity index (χ2v) is 6.13. The van der Waals surface area contributed by atoms with Crippen LogP contribution in [0.25, 0.3) is 0 Å². The van der Waals surface area contributed by atoms with Gasteiger partial charge in [-0.3, -0.25) is 9.59 Å². The first-order valence-corrected chi connectivity index (χ1v) is 8.74. The van der Waals surface area contributed by atoms with Crippen molar-refractivity contribution >= 4 is 11.9 Å². The van der Waals surface area contributed by atoms with Crippen LogP contribution in [0.5, 0.6) is 5.75 Å². The molecule has 136 valence electrons. The quantitative estimate of drug-likeness (QED) is 0.563. The van der Waals surface area contributed by atoms with E-state index in [2.05, 4.69) is 0 Å². The van der Waals surface area contributed by atoms with Crippen LogP contribution in [0.1, 0.15) is 25.8 Å². The molecule has 2 aromatic rings. The zero-order chi connectivity index (χ0) is 18.6. The number of hydrogen-bond acceptors (Lipinski definition) is 5. The zero-order valence-electron chi connectivity index (χ0n) is 14.9. The first-order valence-electron chi connectivity index (χ1n) is 8.74. The van der Waals surface area contributed by atoms with Crippen LogP contribution in [-0.2, 0) is 24.7 Å². The van der Waals surface area contributed by atoms with Gasteiger partial charge in [-0.25, -0.2) is 0 Å². The lowest BCUT2D eigenvalue weighted by molar-refractivity contribution is -0.168. The van der Waals surface area contributed by atoms with E-state index >= 15 is 0 Å². The number of hydrogen-bond donors (Lipinski definition) is 0. The molecule has 1 saturated carbocycles. The lowest BCUT2D eigenvalue weighted by Gasteiger charge is -2.25. The molecule has 5 nitrogen and oxygen atoms in total. The third-order valence-electron chi connectivity index (χ3n) is 4.60. The van der Waals surface area contributed by atoms with E-state index in [1.54, 1.807) is 26.0 Å². The summed E-state index contributed by atoms with van der Waals surface area (Å²) in [5.41, 5.74) is -1.91. The molecular weight excluding hydrogens is 332 g/mol. The summed E-state index contributed by atoms with van der Waals surface area (Å²) >= 11 is 0. The fraction of sp³-hybridized carbons (Fsp3) is 0.333. The van der Waals surface area contributed by atoms with Crippen molar-refractivity contribution in [2.45, 2.75) is 25.9 Å². The van der Waals surface area contributed by atoms with Crippen LogP contribution in [-0.4, -0.2) is 25.2 Å². The Morgan fingerprint density at radius 1 is 0.846 bits per heavy atom. The van der Waals surface area contributed by atoms with Crippen molar-refractivity contribution in [3.05, 3.63) is 66.2 Å². The van der Waals surface area contributed by atoms with Crippen LogP contribution in [0.2, 0.25) is 0 Å². The number of ether oxygens (including phenoxy) is 3. The number of carbonyl (C=O) groups excluding carboxylic acids is 2. The van der Waals surface area contributed by atoms with Crippen molar-refractivity contribution in [3.8, 4) is 5.75 Å². The molecule has 0 N–H and O–H groups in total. The Morgan fingerprint density at radius 2 is 1.35 bits per heavy atom. The van der Waals surface area contributed by atoms with E-state index in [1.807, 2.05) is 48.5 Å². The molecule has 1 aliphatic carbocycles. The molecular formula is C21H22O5. The first-order chi connectivity index (χ1) is 12.6. The van der Waals surface area contributed by atoms with Gasteiger partial charge in [-0.05, 0) is 31.5 Å². The summed E-state index contributed by atoms with van der Waals surface area (Å²) < 4.78 is 16.7. The Labute approximate surface area is 152 Å². The van der Waals surface area contributed by atoms with Crippen molar-refractivity contribution < 1.29 is 23.8 Å². The van der Waals surface area contributed by atoms with Gasteiger partial charge in [0.25, 0.3) is 0 Å². The van der Waals surface area contributed by atoms with Crippen molar-refractivity contribution in [3.63, 3.8) is 0 Å². The molecule has 2 aromatic carbocycles. The Morgan fingerprint density at radius 3 is 1.85 bits per heavy atom. The van der Waals surface area contributed by atoms with Gasteiger partial charge < -0.3 is 14.2 Å². The van der Waals surface area contributed by atoms with Gasteiger partial charge in [0.1, 0.15) is 5.75 Å². The average Bonchev–Trinajstić information content (AvgIpc) is 3.35. The maximum Gasteiger partial charge on any atom is 0.328 e. The molecule has 0 aliphatic heterocycles. The number of para-hydroxylation sites is 1. The van der Waals surface area contributed by atoms with E-state index in [1.165, 1.54) is 0 Å². The minimum Gasteiger partial charge on any atom is -0.481 e. The minimum atomic E-state index is -1.50. The maximum absolute atomic E-state index is 12.8. The van der Waals surface area contributed by atoms with Crippen molar-refractivity contribution in [2.75, 3.05) is 13.2 Å². The van der Waals surface area contributed by atoms with Gasteiger partial charge in [0.2, 0.25) is 5.41 Å². The van der Waals surface area contributed by atoms with E-state index in [-0.39, 0.29) is 19.6 Å². The molecule has 0 radical (unpaired) electrons. The molecule has 1 fully saturated rings. The van der Waals surface area contributed by atoms with Crippen molar-refractivity contribution in [1.82, 2.24) is 0 Å². The van der Waals surface area contributed by atoms with E-state index in [0.717, 1.165) is 5.56 Å². The molecule has 0 spiro atoms. The maximum atomic E-state index is 12.8. The van der Waals surface area contributed by atoms with Gasteiger partial charge in [0.15, 0.2) is 5.60 Å². The number of benzene rings is 2. The third kappa shape index (κ3) is 2.83. The summed E-state index contributed by atoms with van der Waals surface area (Å²) in [6, 6.07) is 18.4. The van der Waals surface area contributed by atoms with Crippen molar-refractivity contribution in [2.24, 2.45) is 5.41 Å². The SMILES string of the molecule is CCOC(=O)C1(C(=O)OCC)CC1(Oc1ccccc1)c1ccccc1. The van der Waals surface area contributed by atoms with Crippen LogP contribution in [0.15, 0.2) is 60.7 Å². The van der Waals surface area contributed by atoms with Crippen LogP contribution < -0.4 is 4.74 Å². The number of rotatable bonds is 7. The molecule has 0 bridgehead atoms. The van der Waals surface area contributed by atoms with Gasteiger partial charge in [-0.2, -0.15) is 0 Å². The molecule has 3 rings (SSSR count). The highest BCUT2D eigenvalue weighted by Gasteiger charge is 2.82. The van der Waals surface area contributed by atoms with Crippen LogP contribution in [0.4, 0.5) is 0 Å². The highest BCUT2D eigenvalue weighted by Crippen LogP contribution is 2.66. The summed E-state index contributed by atoms with van der Waals surface area (Å²) in [6.07, 6.45) is 0.177. The zero-order valence-corrected chi connectivity index (χ0v) is 14.9. The van der Waals surface area contributed by atoms with Gasteiger partial charge in [-0.1, -0.05) is 48.5 Å². The Balaban J connectivity index is 2.08. The van der Waals surface area contributed by atoms with E-state index in [9.17, 15) is 9.59 Å². The summed E-state index contributed by atoms with van der Waals surface area (Å²) in [6.45, 7) is 3.77. The lowest BCUT2D eigenvalue weighted by atomic mass is 9.95. The second-order valence-electron chi connectivity index (χ2n) is 6.13. The highest BCUT2D eigenvalue weighted by atomic mass is 16.6. The predicted octanol–water partition coefficient (Wildman–Crippen LogP) is 3.48. The van der Waals surface area contributed by atoms with Gasteiger partial charge >= 0.3 is 11.9 Å². The Kier molecular flexibility index (Phi) is 4.98. The normalized spacial score (nSPS) is 20.1. The predicted molar refractivity (Wildman–Crippen MR) is 95.5 cm³/mol. The molecule has 0 aromatic heterocycles. The largest absolute Gasteiger partial charge is 0.481 e. The fourth-order valence-corrected chi connectivity index (χ4v) is 3.32. The summed E-state index contributed by atoms with van der Waals surface area (Å²) in [7, 11) is 0. The third-order valence-corrected chi connectivity index (χ3v) is 4.60. The number of carbonyl (C=O) groups is 2. The molecule has 5 heteroatoms. The van der Waals surface area contributed by atoms with Gasteiger partial charge in [0.05, 0.1) is 13.2 Å². The van der Waals surface area contributed by atoms with E-state index in [4.69, 9.17) is 14.2 Å².